The maximum Gasteiger partial charge on any atom is 0.363 e. The first kappa shape index (κ1) is 19.0. The fraction of sp³-hybridized carbons (Fsp3) is 0.100. The van der Waals surface area contributed by atoms with E-state index in [-0.39, 0.29) is 18.2 Å². The number of cyclic esters (lactones) is 1. The van der Waals surface area contributed by atoms with Gasteiger partial charge in [-0.05, 0) is 30.3 Å². The Balaban J connectivity index is 2.01. The molecular formula is C20H15Cl2NO4. The summed E-state index contributed by atoms with van der Waals surface area (Å²) in [6.07, 6.45) is 3.19. The first-order valence-corrected chi connectivity index (χ1v) is 8.67. The quantitative estimate of drug-likeness (QED) is 0.390. The fourth-order valence-corrected chi connectivity index (χ4v) is 2.93. The van der Waals surface area contributed by atoms with E-state index in [0.717, 1.165) is 0 Å². The summed E-state index contributed by atoms with van der Waals surface area (Å²) in [6, 6.07) is 10.2. The topological polar surface area (TPSA) is 57.1 Å². The Labute approximate surface area is 166 Å². The minimum absolute atomic E-state index is 0.115. The van der Waals surface area contributed by atoms with Crippen LogP contribution >= 0.6 is 23.2 Å². The van der Waals surface area contributed by atoms with Crippen LogP contribution in [0.3, 0.4) is 0 Å². The number of ether oxygens (including phenoxy) is 3. The summed E-state index contributed by atoms with van der Waals surface area (Å²) in [5.74, 6) is 0.536. The lowest BCUT2D eigenvalue weighted by atomic mass is 10.1. The minimum atomic E-state index is -0.589. The number of esters is 1. The molecule has 7 heteroatoms. The van der Waals surface area contributed by atoms with E-state index in [9.17, 15) is 4.79 Å². The number of halogens is 2. The Morgan fingerprint density at radius 1 is 1.26 bits per heavy atom. The molecule has 2 aromatic carbocycles. The number of aliphatic imine (C=N–C) groups is 1. The van der Waals surface area contributed by atoms with Crippen molar-refractivity contribution in [2.75, 3.05) is 13.7 Å². The van der Waals surface area contributed by atoms with Crippen molar-refractivity contribution in [3.8, 4) is 11.5 Å². The highest BCUT2D eigenvalue weighted by molar-refractivity contribution is 6.37. The molecule has 1 aliphatic heterocycles. The molecule has 0 unspecified atom stereocenters. The minimum Gasteiger partial charge on any atom is -0.493 e. The second-order valence-electron chi connectivity index (χ2n) is 5.44. The summed E-state index contributed by atoms with van der Waals surface area (Å²) in [7, 11) is 1.54. The average molecular weight is 404 g/mol. The molecule has 0 saturated carbocycles. The third-order valence-electron chi connectivity index (χ3n) is 3.65. The highest BCUT2D eigenvalue weighted by Gasteiger charge is 2.26. The van der Waals surface area contributed by atoms with Crippen LogP contribution in [0.1, 0.15) is 11.1 Å². The van der Waals surface area contributed by atoms with Crippen molar-refractivity contribution >= 4 is 41.1 Å². The van der Waals surface area contributed by atoms with Crippen LogP contribution in [0, 0.1) is 0 Å². The summed E-state index contributed by atoms with van der Waals surface area (Å²) in [4.78, 5) is 16.5. The number of carbonyl (C=O) groups excluding carboxylic acids is 1. The van der Waals surface area contributed by atoms with Crippen LogP contribution in [0.15, 0.2) is 59.7 Å². The van der Waals surface area contributed by atoms with E-state index in [0.29, 0.717) is 32.7 Å². The Hall–Kier alpha value is -2.76. The van der Waals surface area contributed by atoms with Gasteiger partial charge >= 0.3 is 5.97 Å². The van der Waals surface area contributed by atoms with Gasteiger partial charge in [0.25, 0.3) is 0 Å². The zero-order valence-electron chi connectivity index (χ0n) is 14.4. The molecule has 3 rings (SSSR count). The van der Waals surface area contributed by atoms with E-state index in [4.69, 9.17) is 37.4 Å². The summed E-state index contributed by atoms with van der Waals surface area (Å²) >= 11 is 12.1. The van der Waals surface area contributed by atoms with Gasteiger partial charge in [0.2, 0.25) is 5.90 Å². The number of para-hydroxylation sites is 1. The van der Waals surface area contributed by atoms with Crippen molar-refractivity contribution in [2.24, 2.45) is 4.99 Å². The lowest BCUT2D eigenvalue weighted by Gasteiger charge is -2.12. The molecule has 0 saturated heterocycles. The molecule has 2 aromatic rings. The van der Waals surface area contributed by atoms with Gasteiger partial charge in [0.15, 0.2) is 17.2 Å². The first-order chi connectivity index (χ1) is 13.0. The van der Waals surface area contributed by atoms with Gasteiger partial charge < -0.3 is 14.2 Å². The highest BCUT2D eigenvalue weighted by atomic mass is 35.5. The van der Waals surface area contributed by atoms with Crippen molar-refractivity contribution in [1.29, 1.82) is 0 Å². The van der Waals surface area contributed by atoms with E-state index < -0.39 is 5.97 Å². The molecular weight excluding hydrogens is 389 g/mol. The van der Waals surface area contributed by atoms with Crippen molar-refractivity contribution in [2.45, 2.75) is 0 Å². The number of rotatable bonds is 6. The number of carbonyl (C=O) groups is 1. The maximum atomic E-state index is 12.3. The first-order valence-electron chi connectivity index (χ1n) is 7.92. The zero-order chi connectivity index (χ0) is 19.4. The fourth-order valence-electron chi connectivity index (χ4n) is 2.44. The molecule has 27 heavy (non-hydrogen) atoms. The van der Waals surface area contributed by atoms with Gasteiger partial charge in [-0.15, -0.1) is 0 Å². The molecule has 0 radical (unpaired) electrons. The van der Waals surface area contributed by atoms with Gasteiger partial charge in [-0.25, -0.2) is 9.79 Å². The van der Waals surface area contributed by atoms with E-state index in [1.54, 1.807) is 48.6 Å². The van der Waals surface area contributed by atoms with Gasteiger partial charge in [-0.3, -0.25) is 0 Å². The predicted octanol–water partition coefficient (Wildman–Crippen LogP) is 4.91. The second kappa shape index (κ2) is 8.29. The van der Waals surface area contributed by atoms with Crippen molar-refractivity contribution < 1.29 is 19.0 Å². The molecule has 0 aliphatic carbocycles. The smallest absolute Gasteiger partial charge is 0.363 e. The molecule has 0 aromatic heterocycles. The lowest BCUT2D eigenvalue weighted by Crippen LogP contribution is -2.06. The summed E-state index contributed by atoms with van der Waals surface area (Å²) in [6.45, 7) is 3.92. The van der Waals surface area contributed by atoms with E-state index in [1.807, 2.05) is 0 Å². The van der Waals surface area contributed by atoms with Crippen molar-refractivity contribution in [1.82, 2.24) is 0 Å². The summed E-state index contributed by atoms with van der Waals surface area (Å²) < 4.78 is 16.3. The molecule has 0 amide bonds. The Bertz CT molecular complexity index is 966. The lowest BCUT2D eigenvalue weighted by molar-refractivity contribution is -0.129. The molecule has 0 N–H and O–H groups in total. The summed E-state index contributed by atoms with van der Waals surface area (Å²) in [5, 5.41) is 0.816. The maximum absolute atomic E-state index is 12.3. The van der Waals surface area contributed by atoms with Crippen molar-refractivity contribution in [3.63, 3.8) is 0 Å². The van der Waals surface area contributed by atoms with Crippen LogP contribution in [-0.4, -0.2) is 25.6 Å². The third-order valence-corrected chi connectivity index (χ3v) is 4.20. The molecule has 138 valence electrons. The van der Waals surface area contributed by atoms with Gasteiger partial charge in [-0.2, -0.15) is 0 Å². The van der Waals surface area contributed by atoms with Crippen LogP contribution in [0.4, 0.5) is 0 Å². The molecule has 0 spiro atoms. The van der Waals surface area contributed by atoms with Gasteiger partial charge in [-0.1, -0.05) is 48.0 Å². The molecule has 0 fully saturated rings. The largest absolute Gasteiger partial charge is 0.493 e. The number of hydrogen-bond donors (Lipinski definition) is 0. The van der Waals surface area contributed by atoms with E-state index >= 15 is 0 Å². The Morgan fingerprint density at radius 3 is 2.78 bits per heavy atom. The van der Waals surface area contributed by atoms with Gasteiger partial charge in [0.1, 0.15) is 6.61 Å². The molecule has 0 bridgehead atoms. The standard InChI is InChI=1S/C20H15Cl2NO4/c1-3-9-26-18-12(5-4-6-17(18)25-2)10-16-20(24)27-19(23-16)14-8-7-13(21)11-15(14)22/h3-8,10-11H,1,9H2,2H3/b16-10-. The van der Waals surface area contributed by atoms with E-state index in [1.165, 1.54) is 7.11 Å². The van der Waals surface area contributed by atoms with Crippen LogP contribution in [-0.2, 0) is 9.53 Å². The monoisotopic (exact) mass is 403 g/mol. The number of hydrogen-bond acceptors (Lipinski definition) is 5. The highest BCUT2D eigenvalue weighted by Crippen LogP contribution is 2.34. The SMILES string of the molecule is C=CCOc1c(/C=C2\N=C(c3ccc(Cl)cc3Cl)OC2=O)cccc1OC. The Kier molecular flexibility index (Phi) is 5.84. The Morgan fingerprint density at radius 2 is 2.07 bits per heavy atom. The van der Waals surface area contributed by atoms with Crippen LogP contribution in [0.25, 0.3) is 6.08 Å². The van der Waals surface area contributed by atoms with E-state index in [2.05, 4.69) is 11.6 Å². The number of benzene rings is 2. The molecule has 0 atom stereocenters. The van der Waals surface area contributed by atoms with Crippen molar-refractivity contribution in [3.05, 3.63) is 75.9 Å². The van der Waals surface area contributed by atoms with Crippen LogP contribution in [0.2, 0.25) is 10.0 Å². The molecule has 1 aliphatic rings. The van der Waals surface area contributed by atoms with Gasteiger partial charge in [0.05, 0.1) is 17.7 Å². The zero-order valence-corrected chi connectivity index (χ0v) is 15.9. The normalized spacial score (nSPS) is 14.7. The third kappa shape index (κ3) is 4.15. The summed E-state index contributed by atoms with van der Waals surface area (Å²) in [5.41, 5.74) is 1.22. The number of nitrogens with zero attached hydrogens (tertiary/aromatic N) is 1. The van der Waals surface area contributed by atoms with Crippen LogP contribution < -0.4 is 9.47 Å². The second-order valence-corrected chi connectivity index (χ2v) is 6.28. The number of methoxy groups -OCH3 is 1. The van der Waals surface area contributed by atoms with Gasteiger partial charge in [0, 0.05) is 10.6 Å². The molecule has 5 nitrogen and oxygen atoms in total. The molecule has 1 heterocycles. The average Bonchev–Trinajstić information content (AvgIpc) is 3.00. The predicted molar refractivity (Wildman–Crippen MR) is 106 cm³/mol. The van der Waals surface area contributed by atoms with Crippen LogP contribution in [0.5, 0.6) is 11.5 Å².